The van der Waals surface area contributed by atoms with E-state index in [1.165, 1.54) is 12.1 Å². The quantitative estimate of drug-likeness (QED) is 0.537. The van der Waals surface area contributed by atoms with Crippen LogP contribution in [0.2, 0.25) is 5.02 Å². The minimum absolute atomic E-state index is 0.0270. The summed E-state index contributed by atoms with van der Waals surface area (Å²) in [6.45, 7) is 0.935. The molecular formula is C20H22ClN3O5. The molecule has 3 rings (SSSR count). The first-order chi connectivity index (χ1) is 13.9. The second-order valence-electron chi connectivity index (χ2n) is 6.71. The first-order valence-corrected chi connectivity index (χ1v) is 9.50. The van der Waals surface area contributed by atoms with Gasteiger partial charge in [-0.05, 0) is 37.6 Å². The van der Waals surface area contributed by atoms with Crippen LogP contribution in [0.1, 0.15) is 24.4 Å². The van der Waals surface area contributed by atoms with E-state index >= 15 is 0 Å². The molecule has 0 saturated carbocycles. The summed E-state index contributed by atoms with van der Waals surface area (Å²) < 4.78 is 10.8. The number of hydrogen-bond acceptors (Lipinski definition) is 6. The standard InChI is InChI=1S/C20H22ClN3O5/c1-28-14-6-7-15(19(11-14)29-2)17-4-3-9-23(17)12-20(25)22-13-5-8-16(21)18(10-13)24(26)27/h5-8,10-11,17H,3-4,9,12H2,1-2H3,(H,22,25). The SMILES string of the molecule is COc1ccc(C2CCCN2CC(=O)Nc2ccc(Cl)c([N+](=O)[O-])c2)c(OC)c1. The van der Waals surface area contributed by atoms with Crippen molar-refractivity contribution in [1.82, 2.24) is 4.90 Å². The summed E-state index contributed by atoms with van der Waals surface area (Å²) in [5.74, 6) is 1.17. The summed E-state index contributed by atoms with van der Waals surface area (Å²) in [6.07, 6.45) is 1.86. The lowest BCUT2D eigenvalue weighted by atomic mass is 10.0. The molecule has 29 heavy (non-hydrogen) atoms. The van der Waals surface area contributed by atoms with Crippen LogP contribution in [0.3, 0.4) is 0 Å². The third kappa shape index (κ3) is 4.78. The second kappa shape index (κ2) is 9.11. The zero-order valence-corrected chi connectivity index (χ0v) is 16.9. The van der Waals surface area contributed by atoms with Gasteiger partial charge in [0.25, 0.3) is 5.69 Å². The molecule has 1 heterocycles. The maximum atomic E-state index is 12.6. The molecule has 8 nitrogen and oxygen atoms in total. The Bertz CT molecular complexity index is 921. The fourth-order valence-corrected chi connectivity index (χ4v) is 3.76. The highest BCUT2D eigenvalue weighted by Crippen LogP contribution is 2.38. The van der Waals surface area contributed by atoms with Gasteiger partial charge < -0.3 is 14.8 Å². The molecule has 1 fully saturated rings. The summed E-state index contributed by atoms with van der Waals surface area (Å²) in [5, 5.41) is 13.8. The van der Waals surface area contributed by atoms with Crippen molar-refractivity contribution >= 4 is 28.9 Å². The summed E-state index contributed by atoms with van der Waals surface area (Å²) in [4.78, 5) is 25.1. The topological polar surface area (TPSA) is 93.9 Å². The first-order valence-electron chi connectivity index (χ1n) is 9.12. The minimum Gasteiger partial charge on any atom is -0.497 e. The van der Waals surface area contributed by atoms with Crippen LogP contribution in [0.5, 0.6) is 11.5 Å². The fraction of sp³-hybridized carbons (Fsp3) is 0.350. The van der Waals surface area contributed by atoms with Crippen LogP contribution in [0.15, 0.2) is 36.4 Å². The predicted octanol–water partition coefficient (Wildman–Crippen LogP) is 4.04. The van der Waals surface area contributed by atoms with Crippen LogP contribution in [0.25, 0.3) is 0 Å². The number of nitrogens with one attached hydrogen (secondary N) is 1. The molecule has 0 bridgehead atoms. The molecule has 9 heteroatoms. The lowest BCUT2D eigenvalue weighted by Gasteiger charge is -2.25. The molecule has 1 aliphatic rings. The Hall–Kier alpha value is -2.84. The number of nitro groups is 1. The van der Waals surface area contributed by atoms with E-state index in [0.717, 1.165) is 30.7 Å². The molecular weight excluding hydrogens is 398 g/mol. The molecule has 1 amide bonds. The molecule has 1 atom stereocenters. The molecule has 0 radical (unpaired) electrons. The van der Waals surface area contributed by atoms with Gasteiger partial charge in [-0.3, -0.25) is 19.8 Å². The Morgan fingerprint density at radius 3 is 2.76 bits per heavy atom. The van der Waals surface area contributed by atoms with Crippen molar-refractivity contribution in [2.75, 3.05) is 32.6 Å². The average molecular weight is 420 g/mol. The number of anilines is 1. The molecule has 1 unspecified atom stereocenters. The molecule has 0 spiro atoms. The molecule has 2 aromatic carbocycles. The van der Waals surface area contributed by atoms with Crippen LogP contribution < -0.4 is 14.8 Å². The number of carbonyl (C=O) groups is 1. The first kappa shape index (κ1) is 20.9. The average Bonchev–Trinajstić information content (AvgIpc) is 3.16. The van der Waals surface area contributed by atoms with Gasteiger partial charge in [-0.2, -0.15) is 0 Å². The van der Waals surface area contributed by atoms with Crippen molar-refractivity contribution in [2.45, 2.75) is 18.9 Å². The van der Waals surface area contributed by atoms with Gasteiger partial charge in [-0.25, -0.2) is 0 Å². The smallest absolute Gasteiger partial charge is 0.289 e. The number of methoxy groups -OCH3 is 2. The minimum atomic E-state index is -0.579. The normalized spacial score (nSPS) is 16.4. The molecule has 1 saturated heterocycles. The summed E-state index contributed by atoms with van der Waals surface area (Å²) in [7, 11) is 3.21. The van der Waals surface area contributed by atoms with Gasteiger partial charge in [-0.1, -0.05) is 17.7 Å². The highest BCUT2D eigenvalue weighted by atomic mass is 35.5. The lowest BCUT2D eigenvalue weighted by Crippen LogP contribution is -2.33. The van der Waals surface area contributed by atoms with Crippen LogP contribution >= 0.6 is 11.6 Å². The zero-order valence-electron chi connectivity index (χ0n) is 16.2. The number of ether oxygens (including phenoxy) is 2. The van der Waals surface area contributed by atoms with E-state index in [2.05, 4.69) is 10.2 Å². The van der Waals surface area contributed by atoms with E-state index in [0.29, 0.717) is 11.4 Å². The van der Waals surface area contributed by atoms with Crippen molar-refractivity contribution < 1.29 is 19.2 Å². The van der Waals surface area contributed by atoms with Crippen molar-refractivity contribution in [1.29, 1.82) is 0 Å². The lowest BCUT2D eigenvalue weighted by molar-refractivity contribution is -0.384. The van der Waals surface area contributed by atoms with Gasteiger partial charge in [0, 0.05) is 29.4 Å². The summed E-state index contributed by atoms with van der Waals surface area (Å²) in [6, 6.07) is 9.91. The summed E-state index contributed by atoms with van der Waals surface area (Å²) in [5.41, 5.74) is 1.09. The van der Waals surface area contributed by atoms with Gasteiger partial charge >= 0.3 is 0 Å². The van der Waals surface area contributed by atoms with E-state index < -0.39 is 4.92 Å². The van der Waals surface area contributed by atoms with Crippen LogP contribution in [0, 0.1) is 10.1 Å². The van der Waals surface area contributed by atoms with Crippen molar-refractivity contribution in [2.24, 2.45) is 0 Å². The number of likely N-dealkylation sites (tertiary alicyclic amines) is 1. The Labute approximate surface area is 173 Å². The monoisotopic (exact) mass is 419 g/mol. The van der Waals surface area contributed by atoms with E-state index in [1.54, 1.807) is 20.3 Å². The van der Waals surface area contributed by atoms with Crippen molar-refractivity contribution in [3.8, 4) is 11.5 Å². The Kier molecular flexibility index (Phi) is 6.56. The Balaban J connectivity index is 1.72. The van der Waals surface area contributed by atoms with Gasteiger partial charge in [0.1, 0.15) is 16.5 Å². The van der Waals surface area contributed by atoms with E-state index in [9.17, 15) is 14.9 Å². The predicted molar refractivity (Wildman–Crippen MR) is 110 cm³/mol. The second-order valence-corrected chi connectivity index (χ2v) is 7.12. The number of halogens is 1. The largest absolute Gasteiger partial charge is 0.497 e. The fourth-order valence-electron chi connectivity index (χ4n) is 3.58. The number of amides is 1. The van der Waals surface area contributed by atoms with Crippen LogP contribution in [-0.4, -0.2) is 43.0 Å². The molecule has 1 N–H and O–H groups in total. The number of benzene rings is 2. The molecule has 2 aromatic rings. The zero-order chi connectivity index (χ0) is 21.0. The third-order valence-corrected chi connectivity index (χ3v) is 5.26. The number of hydrogen-bond donors (Lipinski definition) is 1. The molecule has 1 aliphatic heterocycles. The maximum Gasteiger partial charge on any atom is 0.289 e. The Morgan fingerprint density at radius 1 is 1.28 bits per heavy atom. The van der Waals surface area contributed by atoms with Crippen LogP contribution in [-0.2, 0) is 4.79 Å². The maximum absolute atomic E-state index is 12.6. The van der Waals surface area contributed by atoms with E-state index in [-0.39, 0.29) is 29.2 Å². The van der Waals surface area contributed by atoms with Crippen LogP contribution in [0.4, 0.5) is 11.4 Å². The van der Waals surface area contributed by atoms with E-state index in [4.69, 9.17) is 21.1 Å². The van der Waals surface area contributed by atoms with E-state index in [1.807, 2.05) is 18.2 Å². The number of carbonyl (C=O) groups excluding carboxylic acids is 1. The summed E-state index contributed by atoms with van der Waals surface area (Å²) >= 11 is 5.82. The third-order valence-electron chi connectivity index (χ3n) is 4.94. The Morgan fingerprint density at radius 2 is 2.07 bits per heavy atom. The number of rotatable bonds is 7. The molecule has 0 aliphatic carbocycles. The van der Waals surface area contributed by atoms with Crippen molar-refractivity contribution in [3.05, 3.63) is 57.1 Å². The van der Waals surface area contributed by atoms with Gasteiger partial charge in [0.15, 0.2) is 0 Å². The highest BCUT2D eigenvalue weighted by Gasteiger charge is 2.30. The molecule has 154 valence electrons. The van der Waals surface area contributed by atoms with Gasteiger partial charge in [0.2, 0.25) is 5.91 Å². The van der Waals surface area contributed by atoms with Gasteiger partial charge in [0.05, 0.1) is 25.7 Å². The highest BCUT2D eigenvalue weighted by molar-refractivity contribution is 6.32. The number of nitrogens with zero attached hydrogens (tertiary/aromatic N) is 2. The van der Waals surface area contributed by atoms with Gasteiger partial charge in [-0.15, -0.1) is 0 Å². The number of nitro benzene ring substituents is 1. The molecule has 0 aromatic heterocycles. The van der Waals surface area contributed by atoms with Crippen molar-refractivity contribution in [3.63, 3.8) is 0 Å².